The smallest absolute Gasteiger partial charge is 0.202 e. The Morgan fingerprint density at radius 3 is 3.04 bits per heavy atom. The Bertz CT molecular complexity index is 836. The monoisotopic (exact) mass is 361 g/mol. The number of halogens is 1. The minimum absolute atomic E-state index is 0.0528. The van der Waals surface area contributed by atoms with Crippen molar-refractivity contribution in [3.63, 3.8) is 0 Å². The summed E-state index contributed by atoms with van der Waals surface area (Å²) in [7, 11) is 0. The van der Waals surface area contributed by atoms with Crippen molar-refractivity contribution < 1.29 is 19.0 Å². The van der Waals surface area contributed by atoms with Crippen LogP contribution in [0.1, 0.15) is 49.6 Å². The molecule has 1 aliphatic rings. The molecule has 2 aromatic rings. The first-order chi connectivity index (χ1) is 12.5. The zero-order valence-corrected chi connectivity index (χ0v) is 14.5. The Labute approximate surface area is 149 Å². The lowest BCUT2D eigenvalue weighted by Gasteiger charge is -2.27. The fraction of sp³-hybridized carbons (Fsp3) is 0.412. The molecule has 1 unspecified atom stereocenters. The molecule has 9 heteroatoms. The standard InChI is InChI=1S/C17H20FN5O3/c1-9(3-4-10(2)24)19-17-15(22-26-23-17)16(21-25)20-14-7-11-5-6-12(18)8-13(11)14/h5-6,8-9,14,25H,3-4,7H2,1-2H3,(H,19,23)(H,20,21)/t9?,14-/m0/s1. The van der Waals surface area contributed by atoms with Gasteiger partial charge in [-0.2, -0.15) is 0 Å². The van der Waals surface area contributed by atoms with Gasteiger partial charge in [0.15, 0.2) is 11.5 Å². The van der Waals surface area contributed by atoms with Crippen LogP contribution in [-0.2, 0) is 11.2 Å². The molecule has 2 atom stereocenters. The molecule has 0 aliphatic heterocycles. The van der Waals surface area contributed by atoms with E-state index in [2.05, 4.69) is 20.6 Å². The van der Waals surface area contributed by atoms with Gasteiger partial charge in [-0.05, 0) is 60.3 Å². The van der Waals surface area contributed by atoms with Crippen molar-refractivity contribution in [2.75, 3.05) is 5.32 Å². The molecule has 3 N–H and O–H groups in total. The van der Waals surface area contributed by atoms with E-state index in [-0.39, 0.29) is 35.2 Å². The molecule has 0 spiro atoms. The molecule has 0 saturated heterocycles. The second-order valence-corrected chi connectivity index (χ2v) is 6.40. The summed E-state index contributed by atoms with van der Waals surface area (Å²) in [6, 6.07) is 4.24. The van der Waals surface area contributed by atoms with E-state index < -0.39 is 0 Å². The molecule has 1 aliphatic carbocycles. The summed E-state index contributed by atoms with van der Waals surface area (Å²) in [4.78, 5) is 15.5. The van der Waals surface area contributed by atoms with Crippen molar-refractivity contribution in [1.82, 2.24) is 15.8 Å². The number of hydroxylamine groups is 1. The number of carbonyl (C=O) groups excluding carboxylic acids is 1. The number of ketones is 1. The average Bonchev–Trinajstić information content (AvgIpc) is 3.04. The molecule has 0 saturated carbocycles. The zero-order chi connectivity index (χ0) is 18.7. The quantitative estimate of drug-likeness (QED) is 0.394. The number of carbonyl (C=O) groups is 1. The summed E-state index contributed by atoms with van der Waals surface area (Å²) in [6.45, 7) is 3.44. The van der Waals surface area contributed by atoms with Crippen LogP contribution < -0.4 is 10.8 Å². The molecule has 138 valence electrons. The highest BCUT2D eigenvalue weighted by Crippen LogP contribution is 2.36. The van der Waals surface area contributed by atoms with E-state index in [1.807, 2.05) is 12.4 Å². The number of nitrogens with zero attached hydrogens (tertiary/aromatic N) is 3. The highest BCUT2D eigenvalue weighted by Gasteiger charge is 2.28. The number of amidine groups is 1. The van der Waals surface area contributed by atoms with Crippen molar-refractivity contribution >= 4 is 17.4 Å². The van der Waals surface area contributed by atoms with Crippen LogP contribution in [0.5, 0.6) is 0 Å². The van der Waals surface area contributed by atoms with Crippen LogP contribution in [0.2, 0.25) is 0 Å². The maximum absolute atomic E-state index is 13.4. The fourth-order valence-electron chi connectivity index (χ4n) is 2.83. The molecule has 1 aromatic heterocycles. The van der Waals surface area contributed by atoms with Crippen LogP contribution in [0.15, 0.2) is 27.8 Å². The zero-order valence-electron chi connectivity index (χ0n) is 14.5. The third-order valence-electron chi connectivity index (χ3n) is 4.30. The predicted octanol–water partition coefficient (Wildman–Crippen LogP) is 2.40. The number of aliphatic imine (C=N–C) groups is 1. The summed E-state index contributed by atoms with van der Waals surface area (Å²) in [5, 5.41) is 20.1. The van der Waals surface area contributed by atoms with Crippen molar-refractivity contribution in [2.24, 2.45) is 4.99 Å². The van der Waals surface area contributed by atoms with Gasteiger partial charge in [0.1, 0.15) is 11.6 Å². The number of fused-ring (bicyclic) bond motifs is 1. The number of nitrogens with one attached hydrogen (secondary N) is 2. The normalized spacial score (nSPS) is 17.2. The number of Topliss-reactive ketones (excluding diaryl/α,β-unsaturated/α-hetero) is 1. The number of anilines is 1. The number of hydrogen-bond acceptors (Lipinski definition) is 7. The number of rotatable bonds is 7. The van der Waals surface area contributed by atoms with Gasteiger partial charge in [0.2, 0.25) is 5.82 Å². The van der Waals surface area contributed by atoms with E-state index in [4.69, 9.17) is 4.63 Å². The van der Waals surface area contributed by atoms with Crippen LogP contribution in [0.25, 0.3) is 0 Å². The van der Waals surface area contributed by atoms with Crippen molar-refractivity contribution in [1.29, 1.82) is 0 Å². The average molecular weight is 361 g/mol. The third kappa shape index (κ3) is 3.88. The lowest BCUT2D eigenvalue weighted by Crippen LogP contribution is -2.27. The Balaban J connectivity index is 1.75. The molecule has 3 rings (SSSR count). The topological polar surface area (TPSA) is 113 Å². The van der Waals surface area contributed by atoms with Crippen molar-refractivity contribution in [3.05, 3.63) is 40.8 Å². The Hall–Kier alpha value is -2.81. The summed E-state index contributed by atoms with van der Waals surface area (Å²) in [6.07, 6.45) is 1.71. The molecule has 0 radical (unpaired) electrons. The molecule has 8 nitrogen and oxygen atoms in total. The van der Waals surface area contributed by atoms with Gasteiger partial charge in [-0.1, -0.05) is 6.07 Å². The minimum atomic E-state index is -0.327. The van der Waals surface area contributed by atoms with Gasteiger partial charge >= 0.3 is 0 Å². The number of hydrogen-bond donors (Lipinski definition) is 3. The molecule has 26 heavy (non-hydrogen) atoms. The maximum atomic E-state index is 13.4. The largest absolute Gasteiger partial charge is 0.363 e. The second kappa shape index (κ2) is 7.61. The number of benzene rings is 1. The van der Waals surface area contributed by atoms with Crippen molar-refractivity contribution in [2.45, 2.75) is 45.2 Å². The van der Waals surface area contributed by atoms with Gasteiger partial charge in [-0.25, -0.2) is 9.02 Å². The van der Waals surface area contributed by atoms with Crippen LogP contribution >= 0.6 is 0 Å². The van der Waals surface area contributed by atoms with E-state index in [0.29, 0.717) is 25.1 Å². The summed E-state index contributed by atoms with van der Waals surface area (Å²) < 4.78 is 18.2. The Kier molecular flexibility index (Phi) is 5.27. The molecule has 0 bridgehead atoms. The van der Waals surface area contributed by atoms with Gasteiger partial charge in [0.25, 0.3) is 0 Å². The van der Waals surface area contributed by atoms with Gasteiger partial charge < -0.3 is 10.1 Å². The van der Waals surface area contributed by atoms with Crippen LogP contribution in [-0.4, -0.2) is 33.2 Å². The molecule has 0 amide bonds. The summed E-state index contributed by atoms with van der Waals surface area (Å²) in [5.74, 6) is 0.159. The van der Waals surface area contributed by atoms with Crippen LogP contribution in [0.3, 0.4) is 0 Å². The summed E-state index contributed by atoms with van der Waals surface area (Å²) in [5.41, 5.74) is 4.02. The van der Waals surface area contributed by atoms with E-state index in [0.717, 1.165) is 11.1 Å². The van der Waals surface area contributed by atoms with Gasteiger partial charge in [-0.3, -0.25) is 15.7 Å². The van der Waals surface area contributed by atoms with E-state index in [1.165, 1.54) is 19.1 Å². The first-order valence-corrected chi connectivity index (χ1v) is 8.33. The minimum Gasteiger partial charge on any atom is -0.363 e. The second-order valence-electron chi connectivity index (χ2n) is 6.40. The lowest BCUT2D eigenvalue weighted by molar-refractivity contribution is -0.117. The first kappa shape index (κ1) is 18.0. The van der Waals surface area contributed by atoms with E-state index >= 15 is 0 Å². The molecule has 1 heterocycles. The fourth-order valence-corrected chi connectivity index (χ4v) is 2.83. The van der Waals surface area contributed by atoms with Gasteiger partial charge in [-0.15, -0.1) is 0 Å². The highest BCUT2D eigenvalue weighted by atomic mass is 19.1. The van der Waals surface area contributed by atoms with Crippen molar-refractivity contribution in [3.8, 4) is 0 Å². The van der Waals surface area contributed by atoms with Crippen LogP contribution in [0, 0.1) is 5.82 Å². The molecule has 1 aromatic carbocycles. The maximum Gasteiger partial charge on any atom is 0.202 e. The third-order valence-corrected chi connectivity index (χ3v) is 4.30. The highest BCUT2D eigenvalue weighted by molar-refractivity contribution is 6.00. The van der Waals surface area contributed by atoms with Gasteiger partial charge in [0.05, 0.1) is 6.04 Å². The van der Waals surface area contributed by atoms with Crippen LogP contribution in [0.4, 0.5) is 10.2 Å². The molecular weight excluding hydrogens is 341 g/mol. The first-order valence-electron chi connectivity index (χ1n) is 8.33. The van der Waals surface area contributed by atoms with E-state index in [1.54, 1.807) is 6.07 Å². The Morgan fingerprint density at radius 2 is 2.31 bits per heavy atom. The SMILES string of the molecule is CC(=O)CCC(C)Nc1nonc1C(=N[C@H]1Cc2ccc(F)cc21)NO. The summed E-state index contributed by atoms with van der Waals surface area (Å²) >= 11 is 0. The number of aromatic nitrogens is 2. The lowest BCUT2D eigenvalue weighted by atomic mass is 9.83. The molecule has 0 fully saturated rings. The van der Waals surface area contributed by atoms with E-state index in [9.17, 15) is 14.4 Å². The molecular formula is C17H20FN5O3. The van der Waals surface area contributed by atoms with Gasteiger partial charge in [0, 0.05) is 12.5 Å². The Morgan fingerprint density at radius 1 is 1.50 bits per heavy atom. The predicted molar refractivity (Wildman–Crippen MR) is 91.6 cm³/mol.